The summed E-state index contributed by atoms with van der Waals surface area (Å²) in [6.45, 7) is 0. The topological polar surface area (TPSA) is 65.5 Å². The Morgan fingerprint density at radius 2 is 2.00 bits per heavy atom. The molecule has 0 aliphatic carbocycles. The first kappa shape index (κ1) is 13.7. The zero-order valence-electron chi connectivity index (χ0n) is 11.1. The van der Waals surface area contributed by atoms with Crippen LogP contribution in [0.4, 0.5) is 0 Å². The van der Waals surface area contributed by atoms with Crippen molar-refractivity contribution in [1.29, 1.82) is 0 Å². The van der Waals surface area contributed by atoms with E-state index in [-0.39, 0.29) is 0 Å². The first-order valence-electron chi connectivity index (χ1n) is 5.86. The van der Waals surface area contributed by atoms with Gasteiger partial charge < -0.3 is 9.47 Å². The van der Waals surface area contributed by atoms with Crippen LogP contribution < -0.4 is 4.74 Å². The molecule has 0 N–H and O–H groups in total. The van der Waals surface area contributed by atoms with Gasteiger partial charge >= 0.3 is 5.97 Å². The molecule has 0 spiro atoms. The second kappa shape index (κ2) is 5.97. The Hall–Kier alpha value is -2.69. The minimum atomic E-state index is -0.468. The third-order valence-electron chi connectivity index (χ3n) is 2.83. The molecule has 0 fully saturated rings. The Morgan fingerprint density at radius 3 is 2.65 bits per heavy atom. The molecule has 2 rings (SSSR count). The standard InChI is InChI=1S/C15H13NO4/c1-19-14-4-3-10(9-17)5-13(14)11-6-12(8-16-7-11)15(18)20-2/h3-9H,1-2H3. The normalized spacial score (nSPS) is 9.90. The SMILES string of the molecule is COC(=O)c1cncc(-c2cc(C=O)ccc2OC)c1. The van der Waals surface area contributed by atoms with Crippen molar-refractivity contribution in [3.63, 3.8) is 0 Å². The van der Waals surface area contributed by atoms with Gasteiger partial charge in [-0.05, 0) is 24.3 Å². The molecule has 0 radical (unpaired) electrons. The Balaban J connectivity index is 2.55. The number of nitrogens with zero attached hydrogens (tertiary/aromatic N) is 1. The smallest absolute Gasteiger partial charge is 0.339 e. The highest BCUT2D eigenvalue weighted by Crippen LogP contribution is 2.30. The van der Waals surface area contributed by atoms with Crippen LogP contribution in [0.5, 0.6) is 5.75 Å². The first-order valence-corrected chi connectivity index (χ1v) is 5.86. The minimum absolute atomic E-state index is 0.337. The fraction of sp³-hybridized carbons (Fsp3) is 0.133. The zero-order valence-corrected chi connectivity index (χ0v) is 11.1. The van der Waals surface area contributed by atoms with Crippen LogP contribution in [-0.4, -0.2) is 31.5 Å². The second-order valence-corrected chi connectivity index (χ2v) is 4.03. The highest BCUT2D eigenvalue weighted by Gasteiger charge is 2.11. The third kappa shape index (κ3) is 2.66. The fourth-order valence-electron chi connectivity index (χ4n) is 1.84. The number of esters is 1. The summed E-state index contributed by atoms with van der Waals surface area (Å²) in [6.07, 6.45) is 3.77. The van der Waals surface area contributed by atoms with Crippen molar-refractivity contribution in [2.75, 3.05) is 14.2 Å². The Labute approximate surface area is 116 Å². The van der Waals surface area contributed by atoms with Crippen molar-refractivity contribution < 1.29 is 19.1 Å². The maximum absolute atomic E-state index is 11.5. The van der Waals surface area contributed by atoms with Gasteiger partial charge in [0.2, 0.25) is 0 Å². The molecule has 0 saturated heterocycles. The monoisotopic (exact) mass is 271 g/mol. The van der Waals surface area contributed by atoms with Gasteiger partial charge in [0.1, 0.15) is 12.0 Å². The number of hydrogen-bond donors (Lipinski definition) is 0. The molecule has 1 heterocycles. The van der Waals surface area contributed by atoms with Gasteiger partial charge in [-0.1, -0.05) is 0 Å². The average molecular weight is 271 g/mol. The van der Waals surface area contributed by atoms with Gasteiger partial charge in [0, 0.05) is 29.1 Å². The van der Waals surface area contributed by atoms with Gasteiger partial charge in [0.25, 0.3) is 0 Å². The highest BCUT2D eigenvalue weighted by atomic mass is 16.5. The predicted octanol–water partition coefficient (Wildman–Crippen LogP) is 2.36. The molecule has 102 valence electrons. The van der Waals surface area contributed by atoms with Crippen molar-refractivity contribution in [1.82, 2.24) is 4.98 Å². The van der Waals surface area contributed by atoms with E-state index < -0.39 is 5.97 Å². The third-order valence-corrected chi connectivity index (χ3v) is 2.83. The van der Waals surface area contributed by atoms with E-state index in [1.807, 2.05) is 0 Å². The molecule has 0 aliphatic heterocycles. The lowest BCUT2D eigenvalue weighted by molar-refractivity contribution is 0.0600. The number of pyridine rings is 1. The van der Waals surface area contributed by atoms with Crippen molar-refractivity contribution in [2.45, 2.75) is 0 Å². The summed E-state index contributed by atoms with van der Waals surface area (Å²) in [5.74, 6) is 0.129. The van der Waals surface area contributed by atoms with Gasteiger partial charge in [-0.3, -0.25) is 9.78 Å². The number of rotatable bonds is 4. The molecule has 1 aromatic carbocycles. The maximum atomic E-state index is 11.5. The molecule has 0 atom stereocenters. The number of carbonyl (C=O) groups is 2. The van der Waals surface area contributed by atoms with Crippen LogP contribution in [0, 0.1) is 0 Å². The van der Waals surface area contributed by atoms with E-state index in [0.29, 0.717) is 28.0 Å². The number of ether oxygens (including phenoxy) is 2. The number of aromatic nitrogens is 1. The lowest BCUT2D eigenvalue weighted by Crippen LogP contribution is -2.02. The molecule has 0 amide bonds. The molecular formula is C15H13NO4. The number of hydrogen-bond acceptors (Lipinski definition) is 5. The van der Waals surface area contributed by atoms with Crippen molar-refractivity contribution in [2.24, 2.45) is 0 Å². The number of aldehydes is 1. The summed E-state index contributed by atoms with van der Waals surface area (Å²) < 4.78 is 9.93. The molecular weight excluding hydrogens is 258 g/mol. The average Bonchev–Trinajstić information content (AvgIpc) is 2.53. The quantitative estimate of drug-likeness (QED) is 0.631. The first-order chi connectivity index (χ1) is 9.69. The van der Waals surface area contributed by atoms with Crippen LogP contribution >= 0.6 is 0 Å². The summed E-state index contributed by atoms with van der Waals surface area (Å²) in [4.78, 5) is 26.4. The summed E-state index contributed by atoms with van der Waals surface area (Å²) in [6, 6.07) is 6.69. The van der Waals surface area contributed by atoms with Gasteiger partial charge in [-0.15, -0.1) is 0 Å². The van der Waals surface area contributed by atoms with Crippen LogP contribution in [0.2, 0.25) is 0 Å². The number of benzene rings is 1. The molecule has 0 aliphatic rings. The van der Waals surface area contributed by atoms with Gasteiger partial charge in [0.15, 0.2) is 0 Å². The minimum Gasteiger partial charge on any atom is -0.496 e. The van der Waals surface area contributed by atoms with Crippen LogP contribution in [0.15, 0.2) is 36.7 Å². The Morgan fingerprint density at radius 1 is 1.20 bits per heavy atom. The second-order valence-electron chi connectivity index (χ2n) is 4.03. The van der Waals surface area contributed by atoms with Crippen LogP contribution in [0.25, 0.3) is 11.1 Å². The molecule has 20 heavy (non-hydrogen) atoms. The van der Waals surface area contributed by atoms with Gasteiger partial charge in [0.05, 0.1) is 19.8 Å². The maximum Gasteiger partial charge on any atom is 0.339 e. The van der Waals surface area contributed by atoms with Gasteiger partial charge in [-0.2, -0.15) is 0 Å². The van der Waals surface area contributed by atoms with E-state index in [2.05, 4.69) is 9.72 Å². The molecule has 0 bridgehead atoms. The van der Waals surface area contributed by atoms with E-state index in [9.17, 15) is 9.59 Å². The van der Waals surface area contributed by atoms with Crippen LogP contribution in [0.3, 0.4) is 0 Å². The molecule has 2 aromatic rings. The molecule has 5 heteroatoms. The zero-order chi connectivity index (χ0) is 14.5. The fourth-order valence-corrected chi connectivity index (χ4v) is 1.84. The number of methoxy groups -OCH3 is 2. The predicted molar refractivity (Wildman–Crippen MR) is 73.0 cm³/mol. The summed E-state index contributed by atoms with van der Waals surface area (Å²) >= 11 is 0. The Kier molecular flexibility index (Phi) is 4.10. The van der Waals surface area contributed by atoms with E-state index >= 15 is 0 Å². The number of carbonyl (C=O) groups excluding carboxylic acids is 2. The van der Waals surface area contributed by atoms with Gasteiger partial charge in [-0.25, -0.2) is 4.79 Å². The summed E-state index contributed by atoms with van der Waals surface area (Å²) in [7, 11) is 2.85. The lowest BCUT2D eigenvalue weighted by atomic mass is 10.0. The van der Waals surface area contributed by atoms with E-state index in [0.717, 1.165) is 6.29 Å². The van der Waals surface area contributed by atoms with Crippen molar-refractivity contribution in [3.05, 3.63) is 47.8 Å². The van der Waals surface area contributed by atoms with E-state index in [1.54, 1.807) is 30.5 Å². The van der Waals surface area contributed by atoms with Crippen molar-refractivity contribution >= 4 is 12.3 Å². The largest absolute Gasteiger partial charge is 0.496 e. The summed E-state index contributed by atoms with van der Waals surface area (Å²) in [5, 5.41) is 0. The molecule has 0 saturated carbocycles. The van der Waals surface area contributed by atoms with Crippen molar-refractivity contribution in [3.8, 4) is 16.9 Å². The molecule has 0 unspecified atom stereocenters. The van der Waals surface area contributed by atoms with E-state index in [4.69, 9.17) is 4.74 Å². The van der Waals surface area contributed by atoms with E-state index in [1.165, 1.54) is 20.4 Å². The molecule has 1 aromatic heterocycles. The Bertz CT molecular complexity index is 652. The van der Waals surface area contributed by atoms with Crippen LogP contribution in [-0.2, 0) is 4.74 Å². The lowest BCUT2D eigenvalue weighted by Gasteiger charge is -2.09. The highest BCUT2D eigenvalue weighted by molar-refractivity contribution is 5.91. The van der Waals surface area contributed by atoms with Crippen LogP contribution in [0.1, 0.15) is 20.7 Å². The summed E-state index contributed by atoms with van der Waals surface area (Å²) in [5.41, 5.74) is 2.22. The molecule has 5 nitrogen and oxygen atoms in total.